The van der Waals surface area contributed by atoms with E-state index in [1.165, 1.54) is 32.1 Å². The summed E-state index contributed by atoms with van der Waals surface area (Å²) < 4.78 is 2.27. The normalized spacial score (nSPS) is 32.9. The summed E-state index contributed by atoms with van der Waals surface area (Å²) in [6, 6.07) is -0.478. The van der Waals surface area contributed by atoms with Crippen molar-refractivity contribution >= 4 is 17.7 Å². The van der Waals surface area contributed by atoms with Gasteiger partial charge in [0.2, 0.25) is 17.7 Å². The monoisotopic (exact) mass is 412 g/mol. The van der Waals surface area contributed by atoms with E-state index in [0.717, 1.165) is 37.4 Å². The van der Waals surface area contributed by atoms with Crippen molar-refractivity contribution in [2.75, 3.05) is 6.54 Å². The van der Waals surface area contributed by atoms with Crippen LogP contribution in [0.4, 0.5) is 0 Å². The molecule has 1 aromatic heterocycles. The second kappa shape index (κ2) is 8.16. The summed E-state index contributed by atoms with van der Waals surface area (Å²) in [6.45, 7) is 1.71. The Morgan fingerprint density at radius 2 is 1.87 bits per heavy atom. The number of hydrogen-bond acceptors (Lipinski definition) is 4. The average Bonchev–Trinajstić information content (AvgIpc) is 3.33. The first-order valence-electron chi connectivity index (χ1n) is 11.7. The molecule has 3 amide bonds. The van der Waals surface area contributed by atoms with Crippen LogP contribution in [-0.4, -0.2) is 44.8 Å². The maximum Gasteiger partial charge on any atom is 0.249 e. The Kier molecular flexibility index (Phi) is 5.37. The number of aromatic nitrogens is 2. The van der Waals surface area contributed by atoms with E-state index in [2.05, 4.69) is 16.1 Å². The third-order valence-corrected chi connectivity index (χ3v) is 7.87. The molecular weight excluding hydrogens is 380 g/mol. The molecule has 1 N–H and O–H groups in total. The molecule has 162 valence electrons. The Morgan fingerprint density at radius 1 is 1.03 bits per heavy atom. The van der Waals surface area contributed by atoms with E-state index >= 15 is 0 Å². The standard InChI is InChI=1S/C23H32N4O3/c28-21-9-8-20(22(29)25-21)27-12-17-10-16(6-7-18(17)23(27)30)19-13-26(14-24-19)11-15-4-2-1-3-5-15/h13-18,20H,1-12H2,(H,25,28,29). The van der Waals surface area contributed by atoms with Gasteiger partial charge in [0.15, 0.2) is 0 Å². The van der Waals surface area contributed by atoms with Crippen molar-refractivity contribution in [1.82, 2.24) is 19.8 Å². The van der Waals surface area contributed by atoms with Crippen LogP contribution < -0.4 is 5.32 Å². The van der Waals surface area contributed by atoms with Gasteiger partial charge in [-0.15, -0.1) is 0 Å². The summed E-state index contributed by atoms with van der Waals surface area (Å²) in [4.78, 5) is 43.2. The number of imidazole rings is 1. The highest BCUT2D eigenvalue weighted by Gasteiger charge is 2.48. The summed E-state index contributed by atoms with van der Waals surface area (Å²) in [5, 5.41) is 2.39. The average molecular weight is 413 g/mol. The van der Waals surface area contributed by atoms with Gasteiger partial charge in [0.25, 0.3) is 0 Å². The number of nitrogens with zero attached hydrogens (tertiary/aromatic N) is 3. The van der Waals surface area contributed by atoms with E-state index < -0.39 is 6.04 Å². The molecule has 2 saturated heterocycles. The number of imide groups is 1. The summed E-state index contributed by atoms with van der Waals surface area (Å²) in [7, 11) is 0. The van der Waals surface area contributed by atoms with Gasteiger partial charge in [-0.3, -0.25) is 19.7 Å². The zero-order valence-corrected chi connectivity index (χ0v) is 17.6. The Morgan fingerprint density at radius 3 is 2.67 bits per heavy atom. The fourth-order valence-corrected chi connectivity index (χ4v) is 6.23. The van der Waals surface area contributed by atoms with Crippen molar-refractivity contribution in [1.29, 1.82) is 0 Å². The third kappa shape index (κ3) is 3.79. The molecule has 0 bridgehead atoms. The Labute approximate surface area is 177 Å². The lowest BCUT2D eigenvalue weighted by Gasteiger charge is -2.29. The van der Waals surface area contributed by atoms with Crippen molar-refractivity contribution in [3.8, 4) is 0 Å². The molecule has 4 unspecified atom stereocenters. The topological polar surface area (TPSA) is 84.3 Å². The number of amides is 3. The van der Waals surface area contributed by atoms with Crippen LogP contribution >= 0.6 is 0 Å². The lowest BCUT2D eigenvalue weighted by atomic mass is 9.74. The summed E-state index contributed by atoms with van der Waals surface area (Å²) >= 11 is 0. The molecule has 5 rings (SSSR count). The van der Waals surface area contributed by atoms with Crippen molar-refractivity contribution in [2.24, 2.45) is 17.8 Å². The van der Waals surface area contributed by atoms with Crippen LogP contribution in [0, 0.1) is 17.8 Å². The smallest absolute Gasteiger partial charge is 0.249 e. The number of hydrogen-bond donors (Lipinski definition) is 1. The quantitative estimate of drug-likeness (QED) is 0.771. The zero-order chi connectivity index (χ0) is 20.7. The number of rotatable bonds is 4. The van der Waals surface area contributed by atoms with E-state index in [1.807, 2.05) is 6.33 Å². The molecule has 7 heteroatoms. The minimum atomic E-state index is -0.478. The molecule has 30 heavy (non-hydrogen) atoms. The predicted molar refractivity (Wildman–Crippen MR) is 110 cm³/mol. The van der Waals surface area contributed by atoms with Crippen molar-refractivity contribution < 1.29 is 14.4 Å². The van der Waals surface area contributed by atoms with E-state index in [4.69, 9.17) is 4.98 Å². The maximum absolute atomic E-state index is 13.0. The number of likely N-dealkylation sites (tertiary alicyclic amines) is 1. The van der Waals surface area contributed by atoms with Gasteiger partial charge in [0.1, 0.15) is 6.04 Å². The maximum atomic E-state index is 13.0. The number of piperidine rings is 1. The summed E-state index contributed by atoms with van der Waals surface area (Å²) in [6.07, 6.45) is 14.6. The molecule has 2 saturated carbocycles. The van der Waals surface area contributed by atoms with Crippen LogP contribution in [0.3, 0.4) is 0 Å². The summed E-state index contributed by atoms with van der Waals surface area (Å²) in [5.74, 6) is 1.05. The molecule has 0 aromatic carbocycles. The van der Waals surface area contributed by atoms with Gasteiger partial charge in [0.05, 0.1) is 12.0 Å². The van der Waals surface area contributed by atoms with Crippen LogP contribution in [-0.2, 0) is 20.9 Å². The third-order valence-electron chi connectivity index (χ3n) is 7.87. The van der Waals surface area contributed by atoms with Gasteiger partial charge in [-0.05, 0) is 50.4 Å². The van der Waals surface area contributed by atoms with Crippen LogP contribution in [0.1, 0.15) is 75.8 Å². The molecule has 1 aromatic rings. The number of nitrogens with one attached hydrogen (secondary N) is 1. The SMILES string of the molecule is O=C1CCC(N2CC3CC(c4cn(CC5CCCCC5)cn4)CCC3C2=O)C(=O)N1. The number of carbonyl (C=O) groups excluding carboxylic acids is 3. The molecule has 4 fully saturated rings. The second-order valence-corrected chi connectivity index (χ2v) is 9.83. The van der Waals surface area contributed by atoms with Gasteiger partial charge in [-0.2, -0.15) is 0 Å². The van der Waals surface area contributed by atoms with Crippen LogP contribution in [0.15, 0.2) is 12.5 Å². The Balaban J connectivity index is 1.22. The predicted octanol–water partition coefficient (Wildman–Crippen LogP) is 2.61. The highest BCUT2D eigenvalue weighted by molar-refractivity contribution is 6.02. The molecule has 3 heterocycles. The second-order valence-electron chi connectivity index (χ2n) is 9.83. The molecule has 7 nitrogen and oxygen atoms in total. The lowest BCUT2D eigenvalue weighted by Crippen LogP contribution is -2.53. The summed E-state index contributed by atoms with van der Waals surface area (Å²) in [5.41, 5.74) is 1.16. The zero-order valence-electron chi connectivity index (χ0n) is 17.6. The van der Waals surface area contributed by atoms with E-state index in [1.54, 1.807) is 4.90 Å². The molecule has 4 aliphatic rings. The molecule has 4 atom stereocenters. The van der Waals surface area contributed by atoms with E-state index in [-0.39, 0.29) is 29.6 Å². The first-order chi connectivity index (χ1) is 14.6. The lowest BCUT2D eigenvalue weighted by molar-refractivity contribution is -0.144. The van der Waals surface area contributed by atoms with Crippen LogP contribution in [0.2, 0.25) is 0 Å². The van der Waals surface area contributed by atoms with E-state index in [0.29, 0.717) is 25.3 Å². The van der Waals surface area contributed by atoms with Crippen LogP contribution in [0.5, 0.6) is 0 Å². The molecule has 0 radical (unpaired) electrons. The van der Waals surface area contributed by atoms with Crippen molar-refractivity contribution in [3.63, 3.8) is 0 Å². The molecular formula is C23H32N4O3. The number of fused-ring (bicyclic) bond motifs is 1. The van der Waals surface area contributed by atoms with Crippen molar-refractivity contribution in [3.05, 3.63) is 18.2 Å². The van der Waals surface area contributed by atoms with Gasteiger partial charge < -0.3 is 9.47 Å². The van der Waals surface area contributed by atoms with Gasteiger partial charge in [0, 0.05) is 37.5 Å². The minimum absolute atomic E-state index is 0.0241. The van der Waals surface area contributed by atoms with Crippen LogP contribution in [0.25, 0.3) is 0 Å². The fourth-order valence-electron chi connectivity index (χ4n) is 6.23. The highest BCUT2D eigenvalue weighted by atomic mass is 16.2. The molecule has 0 spiro atoms. The first kappa shape index (κ1) is 19.8. The van der Waals surface area contributed by atoms with Gasteiger partial charge in [-0.25, -0.2) is 4.98 Å². The highest BCUT2D eigenvalue weighted by Crippen LogP contribution is 2.44. The molecule has 2 aliphatic carbocycles. The minimum Gasteiger partial charge on any atom is -0.337 e. The van der Waals surface area contributed by atoms with E-state index in [9.17, 15) is 14.4 Å². The largest absolute Gasteiger partial charge is 0.337 e. The first-order valence-corrected chi connectivity index (χ1v) is 11.7. The van der Waals surface area contributed by atoms with Gasteiger partial charge in [-0.1, -0.05) is 19.3 Å². The van der Waals surface area contributed by atoms with Crippen molar-refractivity contribution in [2.45, 2.75) is 82.7 Å². The Hall–Kier alpha value is -2.18. The molecule has 2 aliphatic heterocycles. The number of carbonyl (C=O) groups is 3. The van der Waals surface area contributed by atoms with Gasteiger partial charge >= 0.3 is 0 Å². The Bertz CT molecular complexity index is 828. The fraction of sp³-hybridized carbons (Fsp3) is 0.739.